The molecule has 0 saturated heterocycles. The van der Waals surface area contributed by atoms with Gasteiger partial charge in [0.1, 0.15) is 10.7 Å². The lowest BCUT2D eigenvalue weighted by Gasteiger charge is -2.03. The second-order valence-electron chi connectivity index (χ2n) is 4.51. The van der Waals surface area contributed by atoms with Gasteiger partial charge >= 0.3 is 0 Å². The first-order chi connectivity index (χ1) is 8.45. The molecule has 0 atom stereocenters. The van der Waals surface area contributed by atoms with Crippen LogP contribution in [0.2, 0.25) is 0 Å². The van der Waals surface area contributed by atoms with Crippen molar-refractivity contribution >= 4 is 16.3 Å². The van der Waals surface area contributed by atoms with Crippen LogP contribution in [0.5, 0.6) is 5.88 Å². The van der Waals surface area contributed by atoms with Crippen molar-refractivity contribution < 1.29 is 4.74 Å². The van der Waals surface area contributed by atoms with Crippen molar-refractivity contribution in [3.8, 4) is 17.1 Å². The Balaban J connectivity index is 2.61. The summed E-state index contributed by atoms with van der Waals surface area (Å²) in [5, 5.41) is 6.11. The zero-order valence-electron chi connectivity index (χ0n) is 11.3. The van der Waals surface area contributed by atoms with E-state index in [4.69, 9.17) is 10.5 Å². The fourth-order valence-electron chi connectivity index (χ4n) is 1.92. The number of hydrogen-bond donors (Lipinski definition) is 1. The topological polar surface area (TPSA) is 66.0 Å². The van der Waals surface area contributed by atoms with Crippen LogP contribution in [0.4, 0.5) is 5.00 Å². The Bertz CT molecular complexity index is 571. The molecule has 2 heterocycles. The molecule has 0 radical (unpaired) electrons. The Morgan fingerprint density at radius 3 is 2.56 bits per heavy atom. The van der Waals surface area contributed by atoms with Crippen LogP contribution in [0.15, 0.2) is 0 Å². The molecule has 98 valence electrons. The molecule has 0 fully saturated rings. The third-order valence-electron chi connectivity index (χ3n) is 2.76. The molecular weight excluding hydrogens is 248 g/mol. The Kier molecular flexibility index (Phi) is 3.30. The molecule has 18 heavy (non-hydrogen) atoms. The van der Waals surface area contributed by atoms with Crippen molar-refractivity contribution in [2.75, 3.05) is 12.8 Å². The van der Waals surface area contributed by atoms with Crippen molar-refractivity contribution in [3.05, 3.63) is 10.7 Å². The Morgan fingerprint density at radius 1 is 1.39 bits per heavy atom. The van der Waals surface area contributed by atoms with Gasteiger partial charge in [0.05, 0.1) is 23.4 Å². The van der Waals surface area contributed by atoms with E-state index in [0.29, 0.717) is 16.8 Å². The third kappa shape index (κ3) is 1.96. The van der Waals surface area contributed by atoms with Crippen LogP contribution >= 0.6 is 11.3 Å². The van der Waals surface area contributed by atoms with Gasteiger partial charge in [0.2, 0.25) is 5.88 Å². The predicted octanol–water partition coefficient (Wildman–Crippen LogP) is 2.57. The lowest BCUT2D eigenvalue weighted by molar-refractivity contribution is 0.374. The van der Waals surface area contributed by atoms with Gasteiger partial charge in [-0.1, -0.05) is 13.8 Å². The molecular formula is C12H18N4OS. The second kappa shape index (κ2) is 4.61. The molecule has 5 nitrogen and oxygen atoms in total. The Hall–Kier alpha value is -1.56. The molecule has 0 spiro atoms. The predicted molar refractivity (Wildman–Crippen MR) is 74.1 cm³/mol. The molecule has 0 aliphatic heterocycles. The van der Waals surface area contributed by atoms with Gasteiger partial charge in [0, 0.05) is 13.0 Å². The van der Waals surface area contributed by atoms with E-state index >= 15 is 0 Å². The summed E-state index contributed by atoms with van der Waals surface area (Å²) in [4.78, 5) is 4.62. The number of rotatable bonds is 3. The van der Waals surface area contributed by atoms with Crippen LogP contribution in [-0.4, -0.2) is 21.9 Å². The summed E-state index contributed by atoms with van der Waals surface area (Å²) in [6.45, 7) is 6.15. The number of aromatic nitrogens is 3. The van der Waals surface area contributed by atoms with E-state index in [9.17, 15) is 0 Å². The first-order valence-corrected chi connectivity index (χ1v) is 6.61. The Labute approximate surface area is 111 Å². The highest BCUT2D eigenvalue weighted by atomic mass is 32.1. The van der Waals surface area contributed by atoms with Crippen LogP contribution in [0.25, 0.3) is 11.3 Å². The van der Waals surface area contributed by atoms with Gasteiger partial charge in [-0.05, 0) is 6.92 Å². The molecule has 0 saturated carbocycles. The summed E-state index contributed by atoms with van der Waals surface area (Å²) in [6.07, 6.45) is 0. The fraction of sp³-hybridized carbons (Fsp3) is 0.500. The summed E-state index contributed by atoms with van der Waals surface area (Å²) >= 11 is 1.53. The van der Waals surface area contributed by atoms with Gasteiger partial charge in [-0.15, -0.1) is 11.3 Å². The smallest absolute Gasteiger partial charge is 0.221 e. The van der Waals surface area contributed by atoms with Crippen LogP contribution in [0.3, 0.4) is 0 Å². The molecule has 2 N–H and O–H groups in total. The summed E-state index contributed by atoms with van der Waals surface area (Å²) in [5.74, 6) is 1.06. The van der Waals surface area contributed by atoms with E-state index in [2.05, 4.69) is 23.9 Å². The van der Waals surface area contributed by atoms with E-state index in [1.165, 1.54) is 11.3 Å². The molecule has 0 aliphatic carbocycles. The zero-order chi connectivity index (χ0) is 13.4. The summed E-state index contributed by atoms with van der Waals surface area (Å²) in [6, 6.07) is 0. The number of thiazole rings is 1. The average Bonchev–Trinajstić information content (AvgIpc) is 2.79. The van der Waals surface area contributed by atoms with Crippen LogP contribution in [-0.2, 0) is 7.05 Å². The first-order valence-electron chi connectivity index (χ1n) is 5.79. The van der Waals surface area contributed by atoms with Crippen molar-refractivity contribution in [2.45, 2.75) is 26.7 Å². The molecule has 0 bridgehead atoms. The van der Waals surface area contributed by atoms with Gasteiger partial charge in [-0.2, -0.15) is 5.10 Å². The highest BCUT2D eigenvalue weighted by molar-refractivity contribution is 7.16. The average molecular weight is 266 g/mol. The maximum absolute atomic E-state index is 6.08. The molecule has 0 aliphatic rings. The lowest BCUT2D eigenvalue weighted by atomic mass is 10.2. The minimum absolute atomic E-state index is 0.369. The second-order valence-corrected chi connectivity index (χ2v) is 5.58. The summed E-state index contributed by atoms with van der Waals surface area (Å²) in [7, 11) is 3.48. The molecule has 2 aromatic rings. The van der Waals surface area contributed by atoms with E-state index in [-0.39, 0.29) is 0 Å². The van der Waals surface area contributed by atoms with E-state index < -0.39 is 0 Å². The number of hydrogen-bond acceptors (Lipinski definition) is 5. The van der Waals surface area contributed by atoms with E-state index in [1.54, 1.807) is 11.8 Å². The molecule has 0 amide bonds. The maximum atomic E-state index is 6.08. The monoisotopic (exact) mass is 266 g/mol. The normalized spacial score (nSPS) is 11.2. The number of nitrogens with two attached hydrogens (primary N) is 1. The van der Waals surface area contributed by atoms with Gasteiger partial charge in [0.15, 0.2) is 0 Å². The fourth-order valence-corrected chi connectivity index (χ4v) is 2.76. The number of nitrogens with zero attached hydrogens (tertiary/aromatic N) is 3. The highest BCUT2D eigenvalue weighted by Crippen LogP contribution is 2.39. The molecule has 2 rings (SSSR count). The number of anilines is 1. The van der Waals surface area contributed by atoms with Crippen molar-refractivity contribution in [1.29, 1.82) is 0 Å². The van der Waals surface area contributed by atoms with Crippen molar-refractivity contribution in [1.82, 2.24) is 14.8 Å². The van der Waals surface area contributed by atoms with Gasteiger partial charge in [0.25, 0.3) is 0 Å². The SMILES string of the molecule is COc1c(-c2nc(C(C)C)sc2N)c(C)nn1C. The summed E-state index contributed by atoms with van der Waals surface area (Å²) in [5.41, 5.74) is 8.63. The summed E-state index contributed by atoms with van der Waals surface area (Å²) < 4.78 is 7.09. The van der Waals surface area contributed by atoms with Gasteiger partial charge < -0.3 is 10.5 Å². The third-order valence-corrected chi connectivity index (χ3v) is 3.95. The minimum atomic E-state index is 0.369. The first kappa shape index (κ1) is 12.9. The standard InChI is InChI=1S/C12H18N4OS/c1-6(2)11-14-9(10(13)18-11)8-7(3)15-16(4)12(8)17-5/h6H,13H2,1-5H3. The largest absolute Gasteiger partial charge is 0.481 e. The maximum Gasteiger partial charge on any atom is 0.221 e. The van der Waals surface area contributed by atoms with Crippen molar-refractivity contribution in [3.63, 3.8) is 0 Å². The van der Waals surface area contributed by atoms with Crippen LogP contribution in [0, 0.1) is 6.92 Å². The molecule has 2 aromatic heterocycles. The molecule has 6 heteroatoms. The van der Waals surface area contributed by atoms with E-state index in [1.807, 2.05) is 14.0 Å². The molecule has 0 aromatic carbocycles. The van der Waals surface area contributed by atoms with Crippen LogP contribution < -0.4 is 10.5 Å². The zero-order valence-corrected chi connectivity index (χ0v) is 12.1. The van der Waals surface area contributed by atoms with Crippen molar-refractivity contribution in [2.24, 2.45) is 7.05 Å². The van der Waals surface area contributed by atoms with Gasteiger partial charge in [-0.3, -0.25) is 0 Å². The lowest BCUT2D eigenvalue weighted by Crippen LogP contribution is -1.96. The highest BCUT2D eigenvalue weighted by Gasteiger charge is 2.22. The minimum Gasteiger partial charge on any atom is -0.481 e. The number of methoxy groups -OCH3 is 1. The number of nitrogen functional groups attached to an aromatic ring is 1. The van der Waals surface area contributed by atoms with Crippen LogP contribution in [0.1, 0.15) is 30.5 Å². The molecule has 0 unspecified atom stereocenters. The quantitative estimate of drug-likeness (QED) is 0.927. The number of aryl methyl sites for hydroxylation is 2. The van der Waals surface area contributed by atoms with Gasteiger partial charge in [-0.25, -0.2) is 9.67 Å². The Morgan fingerprint density at radius 2 is 2.06 bits per heavy atom. The van der Waals surface area contributed by atoms with E-state index in [0.717, 1.165) is 22.0 Å². The number of ether oxygens (including phenoxy) is 1.